The van der Waals surface area contributed by atoms with Crippen LogP contribution >= 0.6 is 38.5 Å². The summed E-state index contributed by atoms with van der Waals surface area (Å²) in [4.78, 5) is 0. The summed E-state index contributed by atoms with van der Waals surface area (Å²) in [5.41, 5.74) is 6.51. The van der Waals surface area contributed by atoms with Gasteiger partial charge in [-0.15, -0.1) is 0 Å². The van der Waals surface area contributed by atoms with E-state index < -0.39 is 0 Å². The van der Waals surface area contributed by atoms with Gasteiger partial charge in [-0.1, -0.05) is 28.1 Å². The summed E-state index contributed by atoms with van der Waals surface area (Å²) in [6.45, 7) is 0.772. The van der Waals surface area contributed by atoms with Crippen LogP contribution in [0.5, 0.6) is 5.75 Å². The Morgan fingerprint density at radius 1 is 1.25 bits per heavy atom. The fourth-order valence-electron chi connectivity index (χ4n) is 2.49. The second-order valence-electron chi connectivity index (χ2n) is 4.73. The standard InChI is InChI=1S/C15H14BrIN2O/c16-11-2-3-13(17)12(8-11)15(19-18)10-1-4-14-9(7-10)5-6-20-14/h1-4,7-8,15,19H,5-6,18H2. The van der Waals surface area contributed by atoms with Gasteiger partial charge in [0, 0.05) is 14.5 Å². The first-order chi connectivity index (χ1) is 9.69. The predicted octanol–water partition coefficient (Wildman–Crippen LogP) is 3.54. The number of ether oxygens (including phenoxy) is 1. The average molecular weight is 445 g/mol. The Bertz CT molecular complexity index is 648. The van der Waals surface area contributed by atoms with E-state index in [4.69, 9.17) is 10.6 Å². The summed E-state index contributed by atoms with van der Waals surface area (Å²) >= 11 is 5.86. The number of benzene rings is 2. The zero-order valence-electron chi connectivity index (χ0n) is 10.7. The topological polar surface area (TPSA) is 47.3 Å². The van der Waals surface area contributed by atoms with Crippen molar-refractivity contribution in [2.24, 2.45) is 5.84 Å². The van der Waals surface area contributed by atoms with Gasteiger partial charge in [0.1, 0.15) is 5.75 Å². The second kappa shape index (κ2) is 6.01. The van der Waals surface area contributed by atoms with Crippen molar-refractivity contribution >= 4 is 38.5 Å². The van der Waals surface area contributed by atoms with Gasteiger partial charge in [-0.2, -0.15) is 0 Å². The van der Waals surface area contributed by atoms with E-state index in [1.807, 2.05) is 12.1 Å². The highest BCUT2D eigenvalue weighted by Gasteiger charge is 2.19. The van der Waals surface area contributed by atoms with Crippen molar-refractivity contribution in [1.82, 2.24) is 5.43 Å². The molecule has 2 aromatic rings. The number of fused-ring (bicyclic) bond motifs is 1. The largest absolute Gasteiger partial charge is 0.493 e. The first-order valence-electron chi connectivity index (χ1n) is 6.36. The van der Waals surface area contributed by atoms with Crippen LogP contribution in [0.2, 0.25) is 0 Å². The van der Waals surface area contributed by atoms with Crippen LogP contribution in [0.15, 0.2) is 40.9 Å². The van der Waals surface area contributed by atoms with Crippen LogP contribution in [0, 0.1) is 3.57 Å². The lowest BCUT2D eigenvalue weighted by molar-refractivity contribution is 0.357. The monoisotopic (exact) mass is 444 g/mol. The molecular formula is C15H14BrIN2O. The zero-order valence-corrected chi connectivity index (χ0v) is 14.4. The van der Waals surface area contributed by atoms with E-state index in [0.717, 1.165) is 28.8 Å². The summed E-state index contributed by atoms with van der Waals surface area (Å²) in [7, 11) is 0. The minimum atomic E-state index is -0.0229. The Hall–Kier alpha value is -0.630. The summed E-state index contributed by atoms with van der Waals surface area (Å²) in [6.07, 6.45) is 0.968. The lowest BCUT2D eigenvalue weighted by Gasteiger charge is -2.19. The van der Waals surface area contributed by atoms with Gasteiger partial charge in [0.2, 0.25) is 0 Å². The van der Waals surface area contributed by atoms with Crippen molar-refractivity contribution in [3.8, 4) is 5.75 Å². The lowest BCUT2D eigenvalue weighted by Crippen LogP contribution is -2.29. The number of halogens is 2. The fourth-order valence-corrected chi connectivity index (χ4v) is 3.51. The normalized spacial score (nSPS) is 14.8. The molecular weight excluding hydrogens is 431 g/mol. The summed E-state index contributed by atoms with van der Waals surface area (Å²) in [5, 5.41) is 0. The molecule has 1 unspecified atom stereocenters. The SMILES string of the molecule is NNC(c1ccc2c(c1)CCO2)c1cc(Br)ccc1I. The molecule has 1 atom stereocenters. The molecule has 5 heteroatoms. The van der Waals surface area contributed by atoms with E-state index >= 15 is 0 Å². The van der Waals surface area contributed by atoms with Gasteiger partial charge in [-0.05, 0) is 63.5 Å². The molecule has 1 aliphatic rings. The molecule has 20 heavy (non-hydrogen) atoms. The molecule has 0 aromatic heterocycles. The first-order valence-corrected chi connectivity index (χ1v) is 8.23. The van der Waals surface area contributed by atoms with Crippen molar-refractivity contribution in [2.45, 2.75) is 12.5 Å². The quantitative estimate of drug-likeness (QED) is 0.432. The number of rotatable bonds is 3. The van der Waals surface area contributed by atoms with E-state index in [9.17, 15) is 0 Å². The third-order valence-electron chi connectivity index (χ3n) is 3.48. The van der Waals surface area contributed by atoms with Crippen LogP contribution in [0.3, 0.4) is 0 Å². The molecule has 0 saturated carbocycles. The molecule has 0 bridgehead atoms. The van der Waals surface area contributed by atoms with Gasteiger partial charge in [0.05, 0.1) is 12.6 Å². The van der Waals surface area contributed by atoms with Gasteiger partial charge >= 0.3 is 0 Å². The lowest BCUT2D eigenvalue weighted by atomic mass is 9.97. The third-order valence-corrected chi connectivity index (χ3v) is 4.96. The molecule has 3 N–H and O–H groups in total. The molecule has 2 aromatic carbocycles. The summed E-state index contributed by atoms with van der Waals surface area (Å²) < 4.78 is 7.79. The molecule has 0 aliphatic carbocycles. The molecule has 0 saturated heterocycles. The molecule has 1 heterocycles. The maximum Gasteiger partial charge on any atom is 0.122 e. The second-order valence-corrected chi connectivity index (χ2v) is 6.81. The maximum absolute atomic E-state index is 5.80. The number of hydrazine groups is 1. The minimum absolute atomic E-state index is 0.0229. The van der Waals surface area contributed by atoms with Crippen molar-refractivity contribution in [1.29, 1.82) is 0 Å². The molecule has 104 valence electrons. The number of nitrogens with two attached hydrogens (primary N) is 1. The van der Waals surface area contributed by atoms with Crippen molar-refractivity contribution in [3.05, 3.63) is 61.1 Å². The number of nitrogens with one attached hydrogen (secondary N) is 1. The Morgan fingerprint density at radius 3 is 2.90 bits per heavy atom. The smallest absolute Gasteiger partial charge is 0.122 e. The molecule has 1 aliphatic heterocycles. The Balaban J connectivity index is 2.03. The molecule has 0 spiro atoms. The van der Waals surface area contributed by atoms with Crippen LogP contribution < -0.4 is 16.0 Å². The van der Waals surface area contributed by atoms with Gasteiger partial charge in [-0.3, -0.25) is 5.84 Å². The molecule has 0 radical (unpaired) electrons. The highest BCUT2D eigenvalue weighted by Crippen LogP contribution is 2.32. The Morgan fingerprint density at radius 2 is 2.10 bits per heavy atom. The summed E-state index contributed by atoms with van der Waals surface area (Å²) in [5.74, 6) is 6.80. The van der Waals surface area contributed by atoms with Gasteiger partial charge in [0.25, 0.3) is 0 Å². The van der Waals surface area contributed by atoms with Crippen molar-refractivity contribution in [2.75, 3.05) is 6.61 Å². The van der Waals surface area contributed by atoms with Gasteiger partial charge in [0.15, 0.2) is 0 Å². The molecule has 0 fully saturated rings. The molecule has 3 nitrogen and oxygen atoms in total. The molecule has 3 rings (SSSR count). The van der Waals surface area contributed by atoms with E-state index in [2.05, 4.69) is 68.2 Å². The van der Waals surface area contributed by atoms with Crippen molar-refractivity contribution < 1.29 is 4.74 Å². The Labute approximate surface area is 140 Å². The number of hydrogen-bond donors (Lipinski definition) is 2. The minimum Gasteiger partial charge on any atom is -0.493 e. The van der Waals surface area contributed by atoms with Crippen LogP contribution in [-0.4, -0.2) is 6.61 Å². The fraction of sp³-hybridized carbons (Fsp3) is 0.200. The van der Waals surface area contributed by atoms with E-state index in [0.29, 0.717) is 0 Å². The first kappa shape index (κ1) is 14.3. The highest BCUT2D eigenvalue weighted by molar-refractivity contribution is 14.1. The zero-order chi connectivity index (χ0) is 14.1. The number of hydrogen-bond acceptors (Lipinski definition) is 3. The van der Waals surface area contributed by atoms with Gasteiger partial charge < -0.3 is 4.74 Å². The van der Waals surface area contributed by atoms with Crippen LogP contribution in [0.4, 0.5) is 0 Å². The van der Waals surface area contributed by atoms with E-state index in [1.54, 1.807) is 0 Å². The van der Waals surface area contributed by atoms with E-state index in [-0.39, 0.29) is 6.04 Å². The van der Waals surface area contributed by atoms with Crippen LogP contribution in [0.1, 0.15) is 22.7 Å². The Kier molecular flexibility index (Phi) is 4.30. The van der Waals surface area contributed by atoms with Crippen LogP contribution in [-0.2, 0) is 6.42 Å². The van der Waals surface area contributed by atoms with Gasteiger partial charge in [-0.25, -0.2) is 5.43 Å². The molecule has 0 amide bonds. The third kappa shape index (κ3) is 2.72. The average Bonchev–Trinajstić information content (AvgIpc) is 2.91. The highest BCUT2D eigenvalue weighted by atomic mass is 127. The van der Waals surface area contributed by atoms with E-state index in [1.165, 1.54) is 14.7 Å². The maximum atomic E-state index is 5.80. The summed E-state index contributed by atoms with van der Waals surface area (Å²) in [6, 6.07) is 12.5. The van der Waals surface area contributed by atoms with Crippen LogP contribution in [0.25, 0.3) is 0 Å². The predicted molar refractivity (Wildman–Crippen MR) is 91.7 cm³/mol. The van der Waals surface area contributed by atoms with Crippen molar-refractivity contribution in [3.63, 3.8) is 0 Å².